The Kier molecular flexibility index (Phi) is 5.41. The lowest BCUT2D eigenvalue weighted by molar-refractivity contribution is -0.120. The van der Waals surface area contributed by atoms with Gasteiger partial charge in [-0.25, -0.2) is 5.43 Å². The molecule has 0 aliphatic heterocycles. The number of carbonyl (C=O) groups excluding carboxylic acids is 1. The Morgan fingerprint density at radius 1 is 1.32 bits per heavy atom. The molecule has 0 bridgehead atoms. The van der Waals surface area contributed by atoms with Crippen LogP contribution in [0.15, 0.2) is 46.0 Å². The maximum Gasteiger partial charge on any atom is 0.244 e. The number of hydrogen-bond acceptors (Lipinski definition) is 4. The number of phenolic OH excluding ortho intramolecular Hbond substituents is 2. The molecule has 0 fully saturated rings. The Morgan fingerprint density at radius 3 is 2.82 bits per heavy atom. The van der Waals surface area contributed by atoms with Gasteiger partial charge in [0.05, 0.1) is 17.1 Å². The molecule has 1 amide bonds. The summed E-state index contributed by atoms with van der Waals surface area (Å²) in [7, 11) is 0. The van der Waals surface area contributed by atoms with Crippen LogP contribution in [0.5, 0.6) is 11.5 Å². The first-order chi connectivity index (χ1) is 10.5. The van der Waals surface area contributed by atoms with E-state index in [2.05, 4.69) is 26.5 Å². The number of amides is 1. The quantitative estimate of drug-likeness (QED) is 0.560. The van der Waals surface area contributed by atoms with Gasteiger partial charge in [0.2, 0.25) is 5.91 Å². The average molecular weight is 384 g/mol. The Hall–Kier alpha value is -2.05. The van der Waals surface area contributed by atoms with Gasteiger partial charge in [-0.15, -0.1) is 0 Å². The molecule has 114 valence electrons. The molecule has 2 aromatic rings. The van der Waals surface area contributed by atoms with Crippen LogP contribution >= 0.6 is 27.5 Å². The number of rotatable bonds is 4. The molecule has 0 heterocycles. The summed E-state index contributed by atoms with van der Waals surface area (Å²) < 4.78 is 0.438. The highest BCUT2D eigenvalue weighted by molar-refractivity contribution is 9.10. The van der Waals surface area contributed by atoms with Gasteiger partial charge in [-0.1, -0.05) is 23.7 Å². The van der Waals surface area contributed by atoms with Gasteiger partial charge < -0.3 is 10.2 Å². The summed E-state index contributed by atoms with van der Waals surface area (Å²) in [4.78, 5) is 11.7. The van der Waals surface area contributed by atoms with E-state index in [0.717, 1.165) is 0 Å². The van der Waals surface area contributed by atoms with Crippen molar-refractivity contribution >= 4 is 39.7 Å². The Bertz CT molecular complexity index is 735. The molecule has 0 spiro atoms. The van der Waals surface area contributed by atoms with Gasteiger partial charge >= 0.3 is 0 Å². The van der Waals surface area contributed by atoms with Gasteiger partial charge in [-0.2, -0.15) is 5.10 Å². The smallest absolute Gasteiger partial charge is 0.244 e. The molecule has 22 heavy (non-hydrogen) atoms. The zero-order valence-corrected chi connectivity index (χ0v) is 13.6. The van der Waals surface area contributed by atoms with E-state index in [4.69, 9.17) is 11.6 Å². The van der Waals surface area contributed by atoms with E-state index in [0.29, 0.717) is 20.6 Å². The first-order valence-electron chi connectivity index (χ1n) is 6.23. The number of phenols is 2. The van der Waals surface area contributed by atoms with Gasteiger partial charge in [-0.05, 0) is 45.8 Å². The number of nitrogens with zero attached hydrogens (tertiary/aromatic N) is 1. The van der Waals surface area contributed by atoms with Crippen LogP contribution in [0.3, 0.4) is 0 Å². The minimum atomic E-state index is -0.345. The van der Waals surface area contributed by atoms with E-state index >= 15 is 0 Å². The number of nitrogens with one attached hydrogen (secondary N) is 1. The Balaban J connectivity index is 1.99. The molecule has 2 aromatic carbocycles. The van der Waals surface area contributed by atoms with Gasteiger partial charge in [0.15, 0.2) is 0 Å². The normalized spacial score (nSPS) is 10.8. The van der Waals surface area contributed by atoms with Crippen molar-refractivity contribution in [3.63, 3.8) is 0 Å². The van der Waals surface area contributed by atoms with E-state index < -0.39 is 0 Å². The molecule has 0 aromatic heterocycles. The lowest BCUT2D eigenvalue weighted by Crippen LogP contribution is -2.19. The van der Waals surface area contributed by atoms with Crippen molar-refractivity contribution in [2.45, 2.75) is 6.42 Å². The van der Waals surface area contributed by atoms with E-state index in [1.54, 1.807) is 18.2 Å². The third-order valence-electron chi connectivity index (χ3n) is 2.73. The molecule has 0 aliphatic rings. The van der Waals surface area contributed by atoms with E-state index in [9.17, 15) is 15.0 Å². The summed E-state index contributed by atoms with van der Waals surface area (Å²) in [6.45, 7) is 0. The van der Waals surface area contributed by atoms with Crippen LogP contribution in [0.2, 0.25) is 5.02 Å². The van der Waals surface area contributed by atoms with E-state index in [-0.39, 0.29) is 23.8 Å². The minimum absolute atomic E-state index is 0.0182. The van der Waals surface area contributed by atoms with Crippen molar-refractivity contribution in [2.75, 3.05) is 0 Å². The standard InChI is InChI=1S/C15H12BrClN2O3/c16-13-7-11(17)6-10(15(13)22)8-18-19-14(21)5-9-2-1-3-12(20)4-9/h1-4,6-8,20,22H,5H2,(H,19,21). The fraction of sp³-hybridized carbons (Fsp3) is 0.0667. The maximum atomic E-state index is 11.7. The number of hydrogen-bond donors (Lipinski definition) is 3. The molecule has 0 saturated heterocycles. The van der Waals surface area contributed by atoms with Crippen LogP contribution < -0.4 is 5.43 Å². The highest BCUT2D eigenvalue weighted by atomic mass is 79.9. The molecular weight excluding hydrogens is 372 g/mol. The fourth-order valence-corrected chi connectivity index (χ4v) is 2.58. The predicted octanol–water partition coefficient (Wildman–Crippen LogP) is 3.21. The molecule has 0 unspecified atom stereocenters. The van der Waals surface area contributed by atoms with Gasteiger partial charge in [0.25, 0.3) is 0 Å². The molecule has 2 rings (SSSR count). The van der Waals surface area contributed by atoms with Crippen LogP contribution in [0, 0.1) is 0 Å². The maximum absolute atomic E-state index is 11.7. The first-order valence-corrected chi connectivity index (χ1v) is 7.40. The minimum Gasteiger partial charge on any atom is -0.508 e. The molecule has 3 N–H and O–H groups in total. The van der Waals surface area contributed by atoms with Gasteiger partial charge in [0, 0.05) is 10.6 Å². The lowest BCUT2D eigenvalue weighted by atomic mass is 10.1. The summed E-state index contributed by atoms with van der Waals surface area (Å²) in [6, 6.07) is 9.48. The summed E-state index contributed by atoms with van der Waals surface area (Å²) >= 11 is 9.03. The van der Waals surface area contributed by atoms with Crippen molar-refractivity contribution < 1.29 is 15.0 Å². The van der Waals surface area contributed by atoms with Crippen LogP contribution in [0.1, 0.15) is 11.1 Å². The molecule has 5 nitrogen and oxygen atoms in total. The van der Waals surface area contributed by atoms with Crippen molar-refractivity contribution in [3.05, 3.63) is 57.0 Å². The monoisotopic (exact) mass is 382 g/mol. The van der Waals surface area contributed by atoms with E-state index in [1.165, 1.54) is 24.4 Å². The highest BCUT2D eigenvalue weighted by Crippen LogP contribution is 2.30. The summed E-state index contributed by atoms with van der Waals surface area (Å²) in [5.74, 6) is -0.264. The molecule has 7 heteroatoms. The number of carbonyl (C=O) groups is 1. The topological polar surface area (TPSA) is 81.9 Å². The number of halogens is 2. The Labute approximate surface area is 140 Å². The second kappa shape index (κ2) is 7.29. The number of benzene rings is 2. The molecule has 0 atom stereocenters. The van der Waals surface area contributed by atoms with Crippen LogP contribution in [-0.2, 0) is 11.2 Å². The number of aromatic hydroxyl groups is 2. The summed E-state index contributed by atoms with van der Waals surface area (Å²) in [5, 5.41) is 23.3. The van der Waals surface area contributed by atoms with Crippen LogP contribution in [-0.4, -0.2) is 22.3 Å². The zero-order valence-electron chi connectivity index (χ0n) is 11.3. The SMILES string of the molecule is O=C(Cc1cccc(O)c1)NN=Cc1cc(Cl)cc(Br)c1O. The molecular formula is C15H12BrClN2O3. The molecule has 0 aliphatic carbocycles. The van der Waals surface area contributed by atoms with Gasteiger partial charge in [0.1, 0.15) is 11.5 Å². The van der Waals surface area contributed by atoms with Crippen molar-refractivity contribution in [2.24, 2.45) is 5.10 Å². The first kappa shape index (κ1) is 16.3. The molecule has 0 radical (unpaired) electrons. The fourth-order valence-electron chi connectivity index (χ4n) is 1.75. The third-order valence-corrected chi connectivity index (χ3v) is 3.55. The lowest BCUT2D eigenvalue weighted by Gasteiger charge is -2.03. The third kappa shape index (κ3) is 4.47. The van der Waals surface area contributed by atoms with Crippen molar-refractivity contribution in [1.29, 1.82) is 0 Å². The second-order valence-corrected chi connectivity index (χ2v) is 5.76. The summed E-state index contributed by atoms with van der Waals surface area (Å²) in [5.41, 5.74) is 3.38. The van der Waals surface area contributed by atoms with Crippen molar-refractivity contribution in [1.82, 2.24) is 5.43 Å². The van der Waals surface area contributed by atoms with Gasteiger partial charge in [-0.3, -0.25) is 4.79 Å². The largest absolute Gasteiger partial charge is 0.508 e. The predicted molar refractivity (Wildman–Crippen MR) is 88.4 cm³/mol. The molecule has 0 saturated carbocycles. The zero-order chi connectivity index (χ0) is 16.1. The Morgan fingerprint density at radius 2 is 2.09 bits per heavy atom. The van der Waals surface area contributed by atoms with Crippen molar-refractivity contribution in [3.8, 4) is 11.5 Å². The summed E-state index contributed by atoms with van der Waals surface area (Å²) in [6.07, 6.45) is 1.38. The number of hydrazone groups is 1. The highest BCUT2D eigenvalue weighted by Gasteiger charge is 2.06. The van der Waals surface area contributed by atoms with Crippen LogP contribution in [0.4, 0.5) is 0 Å². The second-order valence-electron chi connectivity index (χ2n) is 4.47. The van der Waals surface area contributed by atoms with E-state index in [1.807, 2.05) is 0 Å². The van der Waals surface area contributed by atoms with Crippen LogP contribution in [0.25, 0.3) is 0 Å². The average Bonchev–Trinajstić information content (AvgIpc) is 2.44.